The Morgan fingerprint density at radius 2 is 1.52 bits per heavy atom. The van der Waals surface area contributed by atoms with Crippen molar-refractivity contribution in [2.75, 3.05) is 18.4 Å². The first-order valence-corrected chi connectivity index (χ1v) is 13.6. The fraction of sp³-hybridized carbons (Fsp3) is 0.333. The van der Waals surface area contributed by atoms with E-state index in [-0.39, 0.29) is 24.1 Å². The maximum atomic E-state index is 13.9. The lowest BCUT2D eigenvalue weighted by molar-refractivity contribution is -0.146. The van der Waals surface area contributed by atoms with Crippen molar-refractivity contribution in [2.24, 2.45) is 0 Å². The van der Waals surface area contributed by atoms with Gasteiger partial charge in [0.15, 0.2) is 0 Å². The lowest BCUT2D eigenvalue weighted by Gasteiger charge is -2.33. The molecule has 4 amide bonds. The Balaban J connectivity index is 1.32. The molecule has 0 radical (unpaired) electrons. The van der Waals surface area contributed by atoms with Crippen LogP contribution in [0.5, 0.6) is 0 Å². The standard InChI is InChI=1S/C30H32N6O4/c37-27(22-10-4-14-31-19-22)34-24(18-21-8-2-1-3-9-21)29(39)36-17-7-13-26(36)30(40)35-16-6-12-25(35)28(38)33-23-11-5-15-32-20-23/h1-5,8-11,14-15,19-20,24-26H,6-7,12-13,16-18H2,(H,33,38)(H,34,37)/t24-,25-,26-/m0/s1. The lowest BCUT2D eigenvalue weighted by Crippen LogP contribution is -2.56. The Hall–Kier alpha value is -4.60. The van der Waals surface area contributed by atoms with E-state index in [1.807, 2.05) is 30.3 Å². The fourth-order valence-electron chi connectivity index (χ4n) is 5.43. The molecule has 0 bridgehead atoms. The number of anilines is 1. The van der Waals surface area contributed by atoms with E-state index < -0.39 is 24.0 Å². The molecule has 2 N–H and O–H groups in total. The molecular weight excluding hydrogens is 508 g/mol. The van der Waals surface area contributed by atoms with Crippen molar-refractivity contribution in [3.8, 4) is 0 Å². The summed E-state index contributed by atoms with van der Waals surface area (Å²) < 4.78 is 0. The van der Waals surface area contributed by atoms with Crippen molar-refractivity contribution in [1.82, 2.24) is 25.1 Å². The van der Waals surface area contributed by atoms with Crippen LogP contribution in [0.2, 0.25) is 0 Å². The van der Waals surface area contributed by atoms with Gasteiger partial charge in [0.25, 0.3) is 5.91 Å². The van der Waals surface area contributed by atoms with Crippen molar-refractivity contribution in [3.63, 3.8) is 0 Å². The minimum absolute atomic E-state index is 0.230. The number of aromatic nitrogens is 2. The molecule has 3 aromatic rings. The zero-order valence-electron chi connectivity index (χ0n) is 22.1. The first kappa shape index (κ1) is 27.0. The maximum Gasteiger partial charge on any atom is 0.253 e. The van der Waals surface area contributed by atoms with Crippen LogP contribution >= 0.6 is 0 Å². The summed E-state index contributed by atoms with van der Waals surface area (Å²) in [7, 11) is 0. The number of pyridine rings is 2. The highest BCUT2D eigenvalue weighted by molar-refractivity contribution is 6.00. The van der Waals surface area contributed by atoms with E-state index in [0.29, 0.717) is 50.0 Å². The molecule has 5 rings (SSSR count). The zero-order chi connectivity index (χ0) is 27.9. The number of benzene rings is 1. The molecule has 4 heterocycles. The summed E-state index contributed by atoms with van der Waals surface area (Å²) in [5, 5.41) is 5.72. The van der Waals surface area contributed by atoms with Crippen LogP contribution in [-0.2, 0) is 20.8 Å². The van der Waals surface area contributed by atoms with Crippen molar-refractivity contribution < 1.29 is 19.2 Å². The minimum Gasteiger partial charge on any atom is -0.340 e. The van der Waals surface area contributed by atoms with Gasteiger partial charge in [-0.25, -0.2) is 0 Å². The third kappa shape index (κ3) is 6.17. The molecule has 2 aromatic heterocycles. The van der Waals surface area contributed by atoms with Gasteiger partial charge in [-0.1, -0.05) is 30.3 Å². The normalized spacial score (nSPS) is 19.2. The van der Waals surface area contributed by atoms with Crippen LogP contribution in [0.3, 0.4) is 0 Å². The van der Waals surface area contributed by atoms with Crippen molar-refractivity contribution in [1.29, 1.82) is 0 Å². The van der Waals surface area contributed by atoms with E-state index in [2.05, 4.69) is 20.6 Å². The Kier molecular flexibility index (Phi) is 8.44. The monoisotopic (exact) mass is 540 g/mol. The highest BCUT2D eigenvalue weighted by atomic mass is 16.2. The van der Waals surface area contributed by atoms with Gasteiger partial charge < -0.3 is 20.4 Å². The molecule has 0 spiro atoms. The molecule has 0 saturated carbocycles. The van der Waals surface area contributed by atoms with Crippen LogP contribution in [0.25, 0.3) is 0 Å². The number of carbonyl (C=O) groups excluding carboxylic acids is 4. The molecule has 2 aliphatic heterocycles. The Morgan fingerprint density at radius 1 is 0.825 bits per heavy atom. The molecule has 2 saturated heterocycles. The third-order valence-corrected chi connectivity index (χ3v) is 7.40. The second kappa shape index (κ2) is 12.5. The van der Waals surface area contributed by atoms with Crippen LogP contribution in [0, 0.1) is 0 Å². The van der Waals surface area contributed by atoms with E-state index in [9.17, 15) is 19.2 Å². The van der Waals surface area contributed by atoms with E-state index in [0.717, 1.165) is 5.56 Å². The molecule has 1 aromatic carbocycles. The van der Waals surface area contributed by atoms with E-state index >= 15 is 0 Å². The molecule has 40 heavy (non-hydrogen) atoms. The van der Waals surface area contributed by atoms with Gasteiger partial charge in [-0.3, -0.25) is 29.1 Å². The lowest BCUT2D eigenvalue weighted by atomic mass is 10.0. The van der Waals surface area contributed by atoms with Gasteiger partial charge in [0.2, 0.25) is 17.7 Å². The van der Waals surface area contributed by atoms with Gasteiger partial charge >= 0.3 is 0 Å². The summed E-state index contributed by atoms with van der Waals surface area (Å²) in [4.78, 5) is 65.0. The fourth-order valence-corrected chi connectivity index (χ4v) is 5.43. The van der Waals surface area contributed by atoms with Gasteiger partial charge in [0, 0.05) is 38.1 Å². The molecular formula is C30H32N6O4. The van der Waals surface area contributed by atoms with Crippen LogP contribution in [0.15, 0.2) is 79.4 Å². The summed E-state index contributed by atoms with van der Waals surface area (Å²) in [6.45, 7) is 0.858. The molecule has 3 atom stereocenters. The summed E-state index contributed by atoms with van der Waals surface area (Å²) >= 11 is 0. The third-order valence-electron chi connectivity index (χ3n) is 7.40. The number of nitrogens with one attached hydrogen (secondary N) is 2. The van der Waals surface area contributed by atoms with Crippen molar-refractivity contribution in [3.05, 3.63) is 90.5 Å². The molecule has 2 aliphatic rings. The van der Waals surface area contributed by atoms with Gasteiger partial charge in [0.05, 0.1) is 17.4 Å². The average Bonchev–Trinajstić information content (AvgIpc) is 3.68. The Labute approximate surface area is 232 Å². The number of carbonyl (C=O) groups is 4. The van der Waals surface area contributed by atoms with Crippen molar-refractivity contribution in [2.45, 2.75) is 50.2 Å². The van der Waals surface area contributed by atoms with Crippen LogP contribution in [0.4, 0.5) is 5.69 Å². The van der Waals surface area contributed by atoms with E-state index in [1.165, 1.54) is 6.20 Å². The highest BCUT2D eigenvalue weighted by Crippen LogP contribution is 2.26. The number of likely N-dealkylation sites (tertiary alicyclic amines) is 2. The highest BCUT2D eigenvalue weighted by Gasteiger charge is 2.43. The van der Waals surface area contributed by atoms with Gasteiger partial charge in [-0.2, -0.15) is 0 Å². The zero-order valence-corrected chi connectivity index (χ0v) is 22.1. The summed E-state index contributed by atoms with van der Waals surface area (Å²) in [6, 6.07) is 14.1. The van der Waals surface area contributed by atoms with Gasteiger partial charge in [-0.05, 0) is 55.5 Å². The summed E-state index contributed by atoms with van der Waals surface area (Å²) in [5.74, 6) is -1.21. The maximum absolute atomic E-state index is 13.9. The number of nitrogens with zero attached hydrogens (tertiary/aromatic N) is 4. The summed E-state index contributed by atoms with van der Waals surface area (Å²) in [6.07, 6.45) is 8.91. The Bertz CT molecular complexity index is 1340. The van der Waals surface area contributed by atoms with Gasteiger partial charge in [0.1, 0.15) is 18.1 Å². The molecule has 2 fully saturated rings. The topological polar surface area (TPSA) is 125 Å². The predicted molar refractivity (Wildman–Crippen MR) is 148 cm³/mol. The quantitative estimate of drug-likeness (QED) is 0.452. The minimum atomic E-state index is -0.869. The second-order valence-corrected chi connectivity index (χ2v) is 10.1. The number of amides is 4. The average molecular weight is 541 g/mol. The van der Waals surface area contributed by atoms with Crippen molar-refractivity contribution >= 4 is 29.3 Å². The molecule has 206 valence electrons. The molecule has 0 aliphatic carbocycles. The first-order valence-electron chi connectivity index (χ1n) is 13.6. The van der Waals surface area contributed by atoms with Crippen LogP contribution < -0.4 is 10.6 Å². The number of hydrogen-bond donors (Lipinski definition) is 2. The second-order valence-electron chi connectivity index (χ2n) is 10.1. The number of hydrogen-bond acceptors (Lipinski definition) is 6. The van der Waals surface area contributed by atoms with E-state index in [4.69, 9.17) is 0 Å². The smallest absolute Gasteiger partial charge is 0.253 e. The van der Waals surface area contributed by atoms with Crippen LogP contribution in [-0.4, -0.2) is 74.6 Å². The number of rotatable bonds is 8. The first-order chi connectivity index (χ1) is 19.5. The van der Waals surface area contributed by atoms with E-state index in [1.54, 1.807) is 52.7 Å². The summed E-state index contributed by atoms with van der Waals surface area (Å²) in [5.41, 5.74) is 1.81. The largest absolute Gasteiger partial charge is 0.340 e. The SMILES string of the molecule is O=C(N[C@@H](Cc1ccccc1)C(=O)N1CCC[C@H]1C(=O)N1CCC[C@H]1C(=O)Nc1cccnc1)c1cccnc1. The molecule has 0 unspecified atom stereocenters. The van der Waals surface area contributed by atoms with Crippen LogP contribution in [0.1, 0.15) is 41.6 Å². The van der Waals surface area contributed by atoms with Gasteiger partial charge in [-0.15, -0.1) is 0 Å². The Morgan fingerprint density at radius 3 is 2.23 bits per heavy atom. The molecule has 10 heteroatoms. The predicted octanol–water partition coefficient (Wildman–Crippen LogP) is 2.44. The molecule has 10 nitrogen and oxygen atoms in total.